The standard InChI is InChI=1S/C27H37F2N5O3/c1-16(2)8-11-24(35)32-22(14-25(36)34-12-6-5-7-17(34)3)27(37)31-18(4)26-30-15-23(33-26)20-10-9-19(28)13-21(20)29/h9-10,13,15-18,22H,5-8,11-12,14H2,1-4H3,(H,30,33)(H,31,37)(H,32,35)/t17-,18?,22?/m0/s1. The fourth-order valence-electron chi connectivity index (χ4n) is 4.44. The number of aromatic nitrogens is 2. The van der Waals surface area contributed by atoms with Gasteiger partial charge in [0.15, 0.2) is 0 Å². The van der Waals surface area contributed by atoms with Gasteiger partial charge in [0.1, 0.15) is 23.5 Å². The summed E-state index contributed by atoms with van der Waals surface area (Å²) in [7, 11) is 0. The third kappa shape index (κ3) is 7.84. The molecule has 1 saturated heterocycles. The molecule has 0 spiro atoms. The van der Waals surface area contributed by atoms with E-state index in [9.17, 15) is 23.2 Å². The molecule has 1 aromatic heterocycles. The van der Waals surface area contributed by atoms with Crippen molar-refractivity contribution in [3.8, 4) is 11.3 Å². The van der Waals surface area contributed by atoms with Crippen molar-refractivity contribution in [2.45, 2.75) is 84.3 Å². The van der Waals surface area contributed by atoms with Crippen molar-refractivity contribution in [1.29, 1.82) is 0 Å². The van der Waals surface area contributed by atoms with E-state index in [1.54, 1.807) is 11.8 Å². The third-order valence-corrected chi connectivity index (χ3v) is 6.69. The van der Waals surface area contributed by atoms with Crippen molar-refractivity contribution in [2.75, 3.05) is 6.54 Å². The zero-order valence-electron chi connectivity index (χ0n) is 21.9. The van der Waals surface area contributed by atoms with E-state index >= 15 is 0 Å². The zero-order valence-corrected chi connectivity index (χ0v) is 21.9. The summed E-state index contributed by atoms with van der Waals surface area (Å²) in [6.45, 7) is 8.34. The van der Waals surface area contributed by atoms with Crippen LogP contribution in [0.3, 0.4) is 0 Å². The number of halogens is 2. The number of rotatable bonds is 10. The number of hydrogen-bond donors (Lipinski definition) is 3. The molecule has 0 aliphatic carbocycles. The quantitative estimate of drug-likeness (QED) is 0.438. The van der Waals surface area contributed by atoms with Crippen LogP contribution in [-0.2, 0) is 14.4 Å². The van der Waals surface area contributed by atoms with Gasteiger partial charge in [-0.25, -0.2) is 13.8 Å². The summed E-state index contributed by atoms with van der Waals surface area (Å²) in [5.41, 5.74) is 0.483. The maximum Gasteiger partial charge on any atom is 0.243 e. The molecule has 202 valence electrons. The summed E-state index contributed by atoms with van der Waals surface area (Å²) in [6, 6.07) is 1.68. The molecule has 37 heavy (non-hydrogen) atoms. The number of nitrogens with zero attached hydrogens (tertiary/aromatic N) is 2. The highest BCUT2D eigenvalue weighted by molar-refractivity contribution is 5.92. The average Bonchev–Trinajstić information content (AvgIpc) is 3.32. The SMILES string of the molecule is CC(C)CCC(=O)NC(CC(=O)N1CCCC[C@@H]1C)C(=O)NC(C)c1ncc(-c2ccc(F)cc2F)[nH]1. The first-order valence-electron chi connectivity index (χ1n) is 12.9. The van der Waals surface area contributed by atoms with E-state index in [2.05, 4.69) is 20.6 Å². The Balaban J connectivity index is 1.70. The minimum absolute atomic E-state index is 0.0916. The Hall–Kier alpha value is -3.30. The molecule has 2 heterocycles. The van der Waals surface area contributed by atoms with Crippen LogP contribution in [0.4, 0.5) is 8.78 Å². The lowest BCUT2D eigenvalue weighted by Gasteiger charge is -2.34. The third-order valence-electron chi connectivity index (χ3n) is 6.69. The van der Waals surface area contributed by atoms with E-state index in [0.717, 1.165) is 31.4 Å². The predicted molar refractivity (Wildman–Crippen MR) is 136 cm³/mol. The van der Waals surface area contributed by atoms with Crippen LogP contribution in [0.2, 0.25) is 0 Å². The summed E-state index contributed by atoms with van der Waals surface area (Å²) in [4.78, 5) is 47.8. The molecule has 3 N–H and O–H groups in total. The van der Waals surface area contributed by atoms with E-state index in [1.165, 1.54) is 12.3 Å². The van der Waals surface area contributed by atoms with E-state index in [1.807, 2.05) is 20.8 Å². The number of H-pyrrole nitrogens is 1. The Kier molecular flexibility index (Phi) is 9.77. The fourth-order valence-corrected chi connectivity index (χ4v) is 4.44. The van der Waals surface area contributed by atoms with Gasteiger partial charge in [-0.2, -0.15) is 0 Å². The van der Waals surface area contributed by atoms with Crippen LogP contribution in [0.5, 0.6) is 0 Å². The lowest BCUT2D eigenvalue weighted by molar-refractivity contribution is -0.138. The molecule has 3 atom stereocenters. The molecule has 0 bridgehead atoms. The number of benzene rings is 1. The van der Waals surface area contributed by atoms with Gasteiger partial charge < -0.3 is 20.5 Å². The number of carbonyl (C=O) groups is 3. The monoisotopic (exact) mass is 517 g/mol. The van der Waals surface area contributed by atoms with Crippen LogP contribution in [0.15, 0.2) is 24.4 Å². The molecule has 2 aromatic rings. The molecule has 1 fully saturated rings. The molecular formula is C27H37F2N5O3. The Bertz CT molecular complexity index is 1100. The highest BCUT2D eigenvalue weighted by atomic mass is 19.1. The first kappa shape index (κ1) is 28.3. The van der Waals surface area contributed by atoms with Crippen molar-refractivity contribution in [3.63, 3.8) is 0 Å². The van der Waals surface area contributed by atoms with Crippen molar-refractivity contribution < 1.29 is 23.2 Å². The van der Waals surface area contributed by atoms with Crippen LogP contribution < -0.4 is 10.6 Å². The molecule has 10 heteroatoms. The molecule has 0 saturated carbocycles. The van der Waals surface area contributed by atoms with Gasteiger partial charge in [0, 0.05) is 30.6 Å². The van der Waals surface area contributed by atoms with Crippen molar-refractivity contribution >= 4 is 17.7 Å². The minimum Gasteiger partial charge on any atom is -0.345 e. The molecule has 1 aromatic carbocycles. The van der Waals surface area contributed by atoms with E-state index in [-0.39, 0.29) is 36.3 Å². The van der Waals surface area contributed by atoms with Gasteiger partial charge in [0.2, 0.25) is 17.7 Å². The van der Waals surface area contributed by atoms with E-state index < -0.39 is 29.6 Å². The summed E-state index contributed by atoms with van der Waals surface area (Å²) < 4.78 is 27.4. The molecule has 0 radical (unpaired) electrons. The number of aromatic amines is 1. The number of piperidine rings is 1. The largest absolute Gasteiger partial charge is 0.345 e. The topological polar surface area (TPSA) is 107 Å². The van der Waals surface area contributed by atoms with E-state index in [0.29, 0.717) is 30.4 Å². The number of nitrogens with one attached hydrogen (secondary N) is 3. The van der Waals surface area contributed by atoms with Gasteiger partial charge in [-0.3, -0.25) is 14.4 Å². The smallest absolute Gasteiger partial charge is 0.243 e. The summed E-state index contributed by atoms with van der Waals surface area (Å²) in [5, 5.41) is 5.55. The maximum atomic E-state index is 14.2. The Labute approximate surface area is 216 Å². The van der Waals surface area contributed by atoms with Crippen molar-refractivity contribution in [1.82, 2.24) is 25.5 Å². The van der Waals surface area contributed by atoms with Crippen LogP contribution in [0.25, 0.3) is 11.3 Å². The van der Waals surface area contributed by atoms with Crippen LogP contribution >= 0.6 is 0 Å². The molecule has 3 rings (SSSR count). The van der Waals surface area contributed by atoms with Crippen LogP contribution in [-0.4, -0.2) is 51.2 Å². The van der Waals surface area contributed by atoms with Gasteiger partial charge in [0.05, 0.1) is 24.4 Å². The summed E-state index contributed by atoms with van der Waals surface area (Å²) in [5.74, 6) is -1.70. The molecule has 2 unspecified atom stereocenters. The second-order valence-electron chi connectivity index (χ2n) is 10.2. The van der Waals surface area contributed by atoms with Gasteiger partial charge in [-0.1, -0.05) is 13.8 Å². The second kappa shape index (κ2) is 12.8. The fraction of sp³-hybridized carbons (Fsp3) is 0.556. The number of amides is 3. The Morgan fingerprint density at radius 1 is 1.16 bits per heavy atom. The lowest BCUT2D eigenvalue weighted by Crippen LogP contribution is -2.51. The molecular weight excluding hydrogens is 480 g/mol. The van der Waals surface area contributed by atoms with Crippen LogP contribution in [0, 0.1) is 17.6 Å². The lowest BCUT2D eigenvalue weighted by atomic mass is 10.0. The first-order valence-corrected chi connectivity index (χ1v) is 12.9. The minimum atomic E-state index is -1.03. The summed E-state index contributed by atoms with van der Waals surface area (Å²) >= 11 is 0. The first-order chi connectivity index (χ1) is 17.5. The maximum absolute atomic E-state index is 14.2. The number of likely N-dealkylation sites (tertiary alicyclic amines) is 1. The second-order valence-corrected chi connectivity index (χ2v) is 10.2. The van der Waals surface area contributed by atoms with Crippen molar-refractivity contribution in [2.24, 2.45) is 5.92 Å². The molecule has 1 aliphatic heterocycles. The van der Waals surface area contributed by atoms with Crippen LogP contribution in [0.1, 0.15) is 78.1 Å². The number of hydrogen-bond acceptors (Lipinski definition) is 4. The highest BCUT2D eigenvalue weighted by Gasteiger charge is 2.30. The predicted octanol–water partition coefficient (Wildman–Crippen LogP) is 4.24. The van der Waals surface area contributed by atoms with Crippen molar-refractivity contribution in [3.05, 3.63) is 41.9 Å². The molecule has 1 aliphatic rings. The number of imidazole rings is 1. The van der Waals surface area contributed by atoms with Gasteiger partial charge in [-0.15, -0.1) is 0 Å². The average molecular weight is 518 g/mol. The normalized spacial score (nSPS) is 17.4. The molecule has 3 amide bonds. The Morgan fingerprint density at radius 2 is 1.92 bits per heavy atom. The summed E-state index contributed by atoms with van der Waals surface area (Å²) in [6.07, 6.45) is 5.08. The van der Waals surface area contributed by atoms with Gasteiger partial charge >= 0.3 is 0 Å². The zero-order chi connectivity index (χ0) is 27.1. The van der Waals surface area contributed by atoms with Gasteiger partial charge in [0.25, 0.3) is 0 Å². The highest BCUT2D eigenvalue weighted by Crippen LogP contribution is 2.23. The Morgan fingerprint density at radius 3 is 2.59 bits per heavy atom. The van der Waals surface area contributed by atoms with E-state index in [4.69, 9.17) is 0 Å². The van der Waals surface area contributed by atoms with Gasteiger partial charge in [-0.05, 0) is 57.6 Å². The number of carbonyl (C=O) groups excluding carboxylic acids is 3. The molecule has 8 nitrogen and oxygen atoms in total.